The minimum Gasteiger partial charge on any atom is -0.383 e. The van der Waals surface area contributed by atoms with Gasteiger partial charge in [-0.05, 0) is 23.8 Å². The van der Waals surface area contributed by atoms with Crippen molar-refractivity contribution in [2.24, 2.45) is 0 Å². The summed E-state index contributed by atoms with van der Waals surface area (Å²) in [5.41, 5.74) is 7.42. The van der Waals surface area contributed by atoms with E-state index in [2.05, 4.69) is 9.97 Å². The zero-order chi connectivity index (χ0) is 9.97. The maximum Gasteiger partial charge on any atom is 0.132 e. The Morgan fingerprint density at radius 2 is 1.79 bits per heavy atom. The third-order valence-corrected chi connectivity index (χ3v) is 2.21. The van der Waals surface area contributed by atoms with Gasteiger partial charge in [-0.25, -0.2) is 4.98 Å². The van der Waals surface area contributed by atoms with Crippen molar-refractivity contribution < 1.29 is 0 Å². The molecule has 2 aromatic heterocycles. The maximum atomic E-state index is 6.02. The number of hydrogen-bond acceptors (Lipinski definition) is 3. The van der Waals surface area contributed by atoms with Crippen LogP contribution in [0, 0.1) is 0 Å². The van der Waals surface area contributed by atoms with E-state index in [1.807, 2.05) is 12.1 Å². The minimum absolute atomic E-state index is 0.434. The van der Waals surface area contributed by atoms with Crippen LogP contribution in [-0.2, 0) is 0 Å². The van der Waals surface area contributed by atoms with Crippen molar-refractivity contribution in [3.05, 3.63) is 41.8 Å². The average molecular weight is 206 g/mol. The molecule has 0 spiro atoms. The summed E-state index contributed by atoms with van der Waals surface area (Å²) in [6, 6.07) is 5.41. The van der Waals surface area contributed by atoms with Crippen LogP contribution in [0.1, 0.15) is 0 Å². The molecule has 2 rings (SSSR count). The molecule has 0 fully saturated rings. The molecule has 3 nitrogen and oxygen atoms in total. The van der Waals surface area contributed by atoms with Gasteiger partial charge in [0.15, 0.2) is 0 Å². The number of nitrogens with zero attached hydrogens (tertiary/aromatic N) is 2. The first kappa shape index (κ1) is 8.97. The van der Waals surface area contributed by atoms with Gasteiger partial charge in [0, 0.05) is 24.2 Å². The van der Waals surface area contributed by atoms with Gasteiger partial charge in [0.2, 0.25) is 0 Å². The van der Waals surface area contributed by atoms with Gasteiger partial charge in [0.25, 0.3) is 0 Å². The third-order valence-electron chi connectivity index (χ3n) is 1.90. The Kier molecular flexibility index (Phi) is 2.33. The van der Waals surface area contributed by atoms with Crippen molar-refractivity contribution in [1.82, 2.24) is 9.97 Å². The zero-order valence-corrected chi connectivity index (χ0v) is 8.07. The maximum absolute atomic E-state index is 6.02. The molecule has 0 saturated heterocycles. The molecular formula is C10H8ClN3. The van der Waals surface area contributed by atoms with Crippen LogP contribution in [0.15, 0.2) is 36.8 Å². The summed E-state index contributed by atoms with van der Waals surface area (Å²) in [6.45, 7) is 0. The number of halogens is 1. The predicted molar refractivity (Wildman–Crippen MR) is 56.9 cm³/mol. The molecule has 0 aliphatic heterocycles. The van der Waals surface area contributed by atoms with Crippen LogP contribution in [0.3, 0.4) is 0 Å². The Morgan fingerprint density at radius 3 is 2.43 bits per heavy atom. The molecule has 0 aliphatic rings. The van der Waals surface area contributed by atoms with E-state index in [0.29, 0.717) is 10.8 Å². The lowest BCUT2D eigenvalue weighted by Crippen LogP contribution is -1.94. The van der Waals surface area contributed by atoms with Gasteiger partial charge in [-0.3, -0.25) is 4.98 Å². The van der Waals surface area contributed by atoms with Crippen molar-refractivity contribution >= 4 is 17.4 Å². The number of rotatable bonds is 1. The molecule has 0 aliphatic carbocycles. The van der Waals surface area contributed by atoms with E-state index in [1.165, 1.54) is 0 Å². The highest BCUT2D eigenvalue weighted by molar-refractivity contribution is 6.33. The van der Waals surface area contributed by atoms with Gasteiger partial charge in [0.1, 0.15) is 5.82 Å². The van der Waals surface area contributed by atoms with E-state index in [9.17, 15) is 0 Å². The summed E-state index contributed by atoms with van der Waals surface area (Å²) in [5.74, 6) is 0.434. The molecule has 14 heavy (non-hydrogen) atoms. The first-order chi connectivity index (χ1) is 6.79. The van der Waals surface area contributed by atoms with E-state index < -0.39 is 0 Å². The van der Waals surface area contributed by atoms with E-state index in [0.717, 1.165) is 11.1 Å². The highest BCUT2D eigenvalue weighted by Gasteiger charge is 2.07. The van der Waals surface area contributed by atoms with Crippen LogP contribution in [0.5, 0.6) is 0 Å². The molecule has 70 valence electrons. The van der Waals surface area contributed by atoms with Crippen LogP contribution >= 0.6 is 11.6 Å². The SMILES string of the molecule is Nc1nccc(Cl)c1-c1ccncc1. The van der Waals surface area contributed by atoms with Gasteiger partial charge < -0.3 is 5.73 Å². The van der Waals surface area contributed by atoms with Crippen molar-refractivity contribution in [2.45, 2.75) is 0 Å². The summed E-state index contributed by atoms with van der Waals surface area (Å²) in [6.07, 6.45) is 4.97. The van der Waals surface area contributed by atoms with E-state index in [-0.39, 0.29) is 0 Å². The normalized spacial score (nSPS) is 10.1. The van der Waals surface area contributed by atoms with Crippen LogP contribution in [0.25, 0.3) is 11.1 Å². The van der Waals surface area contributed by atoms with Gasteiger partial charge in [-0.15, -0.1) is 0 Å². The Morgan fingerprint density at radius 1 is 1.07 bits per heavy atom. The smallest absolute Gasteiger partial charge is 0.132 e. The minimum atomic E-state index is 0.434. The average Bonchev–Trinajstić information content (AvgIpc) is 2.19. The molecule has 0 bridgehead atoms. The monoisotopic (exact) mass is 205 g/mol. The second kappa shape index (κ2) is 3.64. The lowest BCUT2D eigenvalue weighted by Gasteiger charge is -2.05. The Labute approximate surface area is 86.6 Å². The van der Waals surface area contributed by atoms with Crippen molar-refractivity contribution in [1.29, 1.82) is 0 Å². The molecule has 0 unspecified atom stereocenters. The van der Waals surface area contributed by atoms with Gasteiger partial charge in [0.05, 0.1) is 5.02 Å². The summed E-state index contributed by atoms with van der Waals surface area (Å²) in [5, 5.41) is 0.601. The first-order valence-corrected chi connectivity index (χ1v) is 4.47. The molecule has 0 aromatic carbocycles. The fraction of sp³-hybridized carbons (Fsp3) is 0. The number of aromatic nitrogens is 2. The van der Waals surface area contributed by atoms with E-state index in [1.54, 1.807) is 24.7 Å². The molecule has 2 N–H and O–H groups in total. The van der Waals surface area contributed by atoms with Crippen LogP contribution < -0.4 is 5.73 Å². The molecule has 2 heterocycles. The summed E-state index contributed by atoms with van der Waals surface area (Å²) in [7, 11) is 0. The van der Waals surface area contributed by atoms with Crippen molar-refractivity contribution in [3.8, 4) is 11.1 Å². The number of nitrogen functional groups attached to an aromatic ring is 1. The lowest BCUT2D eigenvalue weighted by molar-refractivity contribution is 1.31. The lowest BCUT2D eigenvalue weighted by atomic mass is 10.1. The molecular weight excluding hydrogens is 198 g/mol. The Bertz CT molecular complexity index is 422. The van der Waals surface area contributed by atoms with Gasteiger partial charge >= 0.3 is 0 Å². The van der Waals surface area contributed by atoms with Crippen LogP contribution in [0.4, 0.5) is 5.82 Å². The molecule has 2 aromatic rings. The number of hydrogen-bond donors (Lipinski definition) is 1. The quantitative estimate of drug-likeness (QED) is 0.778. The Hall–Kier alpha value is -1.61. The predicted octanol–water partition coefficient (Wildman–Crippen LogP) is 2.38. The summed E-state index contributed by atoms with van der Waals surface area (Å²) in [4.78, 5) is 7.92. The molecule has 0 radical (unpaired) electrons. The zero-order valence-electron chi connectivity index (χ0n) is 7.31. The summed E-state index contributed by atoms with van der Waals surface area (Å²) >= 11 is 6.02. The third kappa shape index (κ3) is 1.54. The number of nitrogens with two attached hydrogens (primary N) is 1. The van der Waals surface area contributed by atoms with Crippen molar-refractivity contribution in [3.63, 3.8) is 0 Å². The number of pyridine rings is 2. The fourth-order valence-electron chi connectivity index (χ4n) is 1.26. The standard InChI is InChI=1S/C10H8ClN3/c11-8-3-6-14-10(12)9(8)7-1-4-13-5-2-7/h1-6H,(H2,12,14). The summed E-state index contributed by atoms with van der Waals surface area (Å²) < 4.78 is 0. The second-order valence-electron chi connectivity index (χ2n) is 2.79. The van der Waals surface area contributed by atoms with Gasteiger partial charge in [-0.1, -0.05) is 11.6 Å². The first-order valence-electron chi connectivity index (χ1n) is 4.09. The van der Waals surface area contributed by atoms with Crippen molar-refractivity contribution in [2.75, 3.05) is 5.73 Å². The highest BCUT2D eigenvalue weighted by atomic mass is 35.5. The molecule has 0 amide bonds. The van der Waals surface area contributed by atoms with E-state index >= 15 is 0 Å². The topological polar surface area (TPSA) is 51.8 Å². The Balaban J connectivity index is 2.63. The van der Waals surface area contributed by atoms with Gasteiger partial charge in [-0.2, -0.15) is 0 Å². The van der Waals surface area contributed by atoms with Crippen LogP contribution in [-0.4, -0.2) is 9.97 Å². The largest absolute Gasteiger partial charge is 0.383 e. The molecule has 0 saturated carbocycles. The molecule has 0 atom stereocenters. The molecule has 4 heteroatoms. The van der Waals surface area contributed by atoms with E-state index in [4.69, 9.17) is 17.3 Å². The second-order valence-corrected chi connectivity index (χ2v) is 3.20. The van der Waals surface area contributed by atoms with Crippen LogP contribution in [0.2, 0.25) is 5.02 Å². The number of anilines is 1. The highest BCUT2D eigenvalue weighted by Crippen LogP contribution is 2.30. The fourth-order valence-corrected chi connectivity index (χ4v) is 1.52.